The van der Waals surface area contributed by atoms with Gasteiger partial charge in [-0.15, -0.1) is 0 Å². The maximum Gasteiger partial charge on any atom is 0.270 e. The number of halogens is 2. The standard InChI is InChI=1S/C14H9Br2NO4/c15-13-4-3-12(5-10(13)7-18)21-8-9-1-2-11(17(19)20)6-14(9)16/h1-7H,8H2. The number of carbonyl (C=O) groups excluding carboxylic acids is 1. The molecular formula is C14H9Br2NO4. The van der Waals surface area contributed by atoms with Gasteiger partial charge in [0.1, 0.15) is 12.4 Å². The monoisotopic (exact) mass is 413 g/mol. The van der Waals surface area contributed by atoms with Crippen LogP contribution in [-0.4, -0.2) is 11.2 Å². The van der Waals surface area contributed by atoms with Gasteiger partial charge >= 0.3 is 0 Å². The molecule has 0 fully saturated rings. The summed E-state index contributed by atoms with van der Waals surface area (Å²) in [7, 11) is 0. The molecule has 0 saturated carbocycles. The lowest BCUT2D eigenvalue weighted by Gasteiger charge is -2.09. The van der Waals surface area contributed by atoms with Crippen LogP contribution in [0, 0.1) is 10.1 Å². The van der Waals surface area contributed by atoms with Gasteiger partial charge in [0, 0.05) is 32.2 Å². The van der Waals surface area contributed by atoms with E-state index in [9.17, 15) is 14.9 Å². The van der Waals surface area contributed by atoms with Crippen LogP contribution in [-0.2, 0) is 6.61 Å². The Kier molecular flexibility index (Phi) is 5.08. The molecule has 0 unspecified atom stereocenters. The third kappa shape index (κ3) is 3.89. The smallest absolute Gasteiger partial charge is 0.270 e. The molecule has 0 saturated heterocycles. The first-order valence-electron chi connectivity index (χ1n) is 5.81. The molecule has 2 aromatic carbocycles. The van der Waals surface area contributed by atoms with E-state index in [4.69, 9.17) is 4.74 Å². The van der Waals surface area contributed by atoms with Crippen molar-refractivity contribution < 1.29 is 14.5 Å². The Bertz CT molecular complexity index is 703. The minimum Gasteiger partial charge on any atom is -0.489 e. The van der Waals surface area contributed by atoms with Gasteiger partial charge in [0.15, 0.2) is 6.29 Å². The van der Waals surface area contributed by atoms with Crippen LogP contribution in [0.5, 0.6) is 5.75 Å². The number of nitrogens with zero attached hydrogens (tertiary/aromatic N) is 1. The SMILES string of the molecule is O=Cc1cc(OCc2ccc([N+](=O)[O-])cc2Br)ccc1Br. The molecule has 0 aliphatic heterocycles. The topological polar surface area (TPSA) is 69.4 Å². The zero-order valence-electron chi connectivity index (χ0n) is 10.6. The molecule has 2 rings (SSSR count). The summed E-state index contributed by atoms with van der Waals surface area (Å²) in [5.74, 6) is 0.547. The third-order valence-corrected chi connectivity index (χ3v) is 4.20. The first kappa shape index (κ1) is 15.7. The number of rotatable bonds is 5. The number of carbonyl (C=O) groups is 1. The number of nitro benzene ring substituents is 1. The molecule has 0 heterocycles. The van der Waals surface area contributed by atoms with Gasteiger partial charge in [0.25, 0.3) is 5.69 Å². The van der Waals surface area contributed by atoms with Gasteiger partial charge in [-0.25, -0.2) is 0 Å². The minimum absolute atomic E-state index is 0.0116. The van der Waals surface area contributed by atoms with Crippen LogP contribution in [0.2, 0.25) is 0 Å². The molecule has 0 N–H and O–H groups in total. The van der Waals surface area contributed by atoms with E-state index in [1.165, 1.54) is 12.1 Å². The Labute approximate surface area is 137 Å². The number of aldehydes is 1. The van der Waals surface area contributed by atoms with Gasteiger partial charge in [-0.1, -0.05) is 31.9 Å². The zero-order valence-corrected chi connectivity index (χ0v) is 13.8. The molecule has 0 radical (unpaired) electrons. The quantitative estimate of drug-likeness (QED) is 0.410. The van der Waals surface area contributed by atoms with Crippen molar-refractivity contribution >= 4 is 43.8 Å². The van der Waals surface area contributed by atoms with Crippen molar-refractivity contribution in [2.75, 3.05) is 0 Å². The Morgan fingerprint density at radius 1 is 1.14 bits per heavy atom. The van der Waals surface area contributed by atoms with Crippen LogP contribution in [0.25, 0.3) is 0 Å². The van der Waals surface area contributed by atoms with Gasteiger partial charge in [0.05, 0.1) is 4.92 Å². The predicted molar refractivity (Wildman–Crippen MR) is 84.7 cm³/mol. The summed E-state index contributed by atoms with van der Waals surface area (Å²) in [6.07, 6.45) is 0.735. The minimum atomic E-state index is -0.458. The lowest BCUT2D eigenvalue weighted by atomic mass is 10.2. The average molecular weight is 415 g/mol. The molecule has 0 aromatic heterocycles. The molecule has 0 atom stereocenters. The van der Waals surface area contributed by atoms with Crippen LogP contribution in [0.15, 0.2) is 45.3 Å². The van der Waals surface area contributed by atoms with Crippen LogP contribution in [0.4, 0.5) is 5.69 Å². The fourth-order valence-electron chi connectivity index (χ4n) is 1.63. The molecule has 21 heavy (non-hydrogen) atoms. The molecule has 5 nitrogen and oxygen atoms in total. The van der Waals surface area contributed by atoms with E-state index in [1.54, 1.807) is 24.3 Å². The molecular weight excluding hydrogens is 406 g/mol. The molecule has 0 aliphatic rings. The summed E-state index contributed by atoms with van der Waals surface area (Å²) < 4.78 is 6.89. The molecule has 0 spiro atoms. The van der Waals surface area contributed by atoms with E-state index >= 15 is 0 Å². The molecule has 2 aromatic rings. The Balaban J connectivity index is 2.13. The second-order valence-corrected chi connectivity index (χ2v) is 5.83. The van der Waals surface area contributed by atoms with Crippen molar-refractivity contribution in [1.29, 1.82) is 0 Å². The highest BCUT2D eigenvalue weighted by Gasteiger charge is 2.10. The fraction of sp³-hybridized carbons (Fsp3) is 0.0714. The van der Waals surface area contributed by atoms with Crippen molar-refractivity contribution in [3.63, 3.8) is 0 Å². The number of benzene rings is 2. The lowest BCUT2D eigenvalue weighted by Crippen LogP contribution is -1.98. The number of nitro groups is 1. The summed E-state index contributed by atoms with van der Waals surface area (Å²) in [5, 5.41) is 10.7. The number of ether oxygens (including phenoxy) is 1. The third-order valence-electron chi connectivity index (χ3n) is 2.74. The van der Waals surface area contributed by atoms with Gasteiger partial charge in [0.2, 0.25) is 0 Å². The summed E-state index contributed by atoms with van der Waals surface area (Å²) in [4.78, 5) is 21.1. The predicted octanol–water partition coefficient (Wildman–Crippen LogP) is 4.51. The molecule has 108 valence electrons. The average Bonchev–Trinajstić information content (AvgIpc) is 2.47. The Hall–Kier alpha value is -1.73. The van der Waals surface area contributed by atoms with Crippen LogP contribution in [0.1, 0.15) is 15.9 Å². The van der Waals surface area contributed by atoms with E-state index < -0.39 is 4.92 Å². The lowest BCUT2D eigenvalue weighted by molar-refractivity contribution is -0.384. The van der Waals surface area contributed by atoms with Crippen molar-refractivity contribution in [2.24, 2.45) is 0 Å². The second-order valence-electron chi connectivity index (χ2n) is 4.12. The van der Waals surface area contributed by atoms with Crippen molar-refractivity contribution in [3.8, 4) is 5.75 Å². The van der Waals surface area contributed by atoms with Crippen molar-refractivity contribution in [3.05, 3.63) is 66.6 Å². The number of hydrogen-bond acceptors (Lipinski definition) is 4. The number of non-ortho nitro benzene ring substituents is 1. The van der Waals surface area contributed by atoms with E-state index in [0.29, 0.717) is 20.3 Å². The highest BCUT2D eigenvalue weighted by molar-refractivity contribution is 9.10. The highest BCUT2D eigenvalue weighted by Crippen LogP contribution is 2.26. The molecule has 0 aliphatic carbocycles. The van der Waals surface area contributed by atoms with E-state index in [2.05, 4.69) is 31.9 Å². The molecule has 0 bridgehead atoms. The van der Waals surface area contributed by atoms with Crippen molar-refractivity contribution in [1.82, 2.24) is 0 Å². The maximum absolute atomic E-state index is 10.9. The van der Waals surface area contributed by atoms with Crippen molar-refractivity contribution in [2.45, 2.75) is 6.61 Å². The Morgan fingerprint density at radius 2 is 1.90 bits per heavy atom. The van der Waals surface area contributed by atoms with Gasteiger partial charge < -0.3 is 4.74 Å². The largest absolute Gasteiger partial charge is 0.489 e. The van der Waals surface area contributed by atoms with Gasteiger partial charge in [-0.3, -0.25) is 14.9 Å². The van der Waals surface area contributed by atoms with E-state index in [0.717, 1.165) is 11.8 Å². The summed E-state index contributed by atoms with van der Waals surface area (Å²) in [5.41, 5.74) is 1.28. The normalized spacial score (nSPS) is 10.2. The maximum atomic E-state index is 10.9. The van der Waals surface area contributed by atoms with E-state index in [1.807, 2.05) is 0 Å². The fourth-order valence-corrected chi connectivity index (χ4v) is 2.45. The molecule has 0 amide bonds. The summed E-state index contributed by atoms with van der Waals surface area (Å²) >= 11 is 6.54. The molecule has 7 heteroatoms. The number of hydrogen-bond donors (Lipinski definition) is 0. The van der Waals surface area contributed by atoms with E-state index in [-0.39, 0.29) is 12.3 Å². The van der Waals surface area contributed by atoms with Crippen LogP contribution < -0.4 is 4.74 Å². The Morgan fingerprint density at radius 3 is 2.52 bits per heavy atom. The summed E-state index contributed by atoms with van der Waals surface area (Å²) in [6.45, 7) is 0.235. The van der Waals surface area contributed by atoms with Crippen LogP contribution >= 0.6 is 31.9 Å². The van der Waals surface area contributed by atoms with Gasteiger partial charge in [-0.2, -0.15) is 0 Å². The summed E-state index contributed by atoms with van der Waals surface area (Å²) in [6, 6.07) is 9.55. The first-order valence-corrected chi connectivity index (χ1v) is 7.40. The van der Waals surface area contributed by atoms with Crippen LogP contribution in [0.3, 0.4) is 0 Å². The second kappa shape index (κ2) is 6.82. The van der Waals surface area contributed by atoms with Gasteiger partial charge in [-0.05, 0) is 24.3 Å². The first-order chi connectivity index (χ1) is 10.0. The zero-order chi connectivity index (χ0) is 15.4. The highest BCUT2D eigenvalue weighted by atomic mass is 79.9.